The fourth-order valence-electron chi connectivity index (χ4n) is 5.29. The van der Waals surface area contributed by atoms with Crippen LogP contribution < -0.4 is 0 Å². The summed E-state index contributed by atoms with van der Waals surface area (Å²) in [6.07, 6.45) is 13.4. The van der Waals surface area contributed by atoms with Gasteiger partial charge in [0.2, 0.25) is 0 Å². The van der Waals surface area contributed by atoms with Crippen molar-refractivity contribution >= 4 is 0 Å². The van der Waals surface area contributed by atoms with E-state index in [1.807, 2.05) is 0 Å². The first-order chi connectivity index (χ1) is 14.9. The Morgan fingerprint density at radius 1 is 0.633 bits per heavy atom. The van der Waals surface area contributed by atoms with Gasteiger partial charge < -0.3 is 9.80 Å². The fourth-order valence-corrected chi connectivity index (χ4v) is 5.29. The predicted octanol–water partition coefficient (Wildman–Crippen LogP) is 5.94. The Kier molecular flexibility index (Phi) is 8.40. The molecular formula is C28H40N2. The van der Waals surface area contributed by atoms with Crippen LogP contribution >= 0.6 is 0 Å². The number of benzene rings is 2. The van der Waals surface area contributed by atoms with E-state index < -0.39 is 0 Å². The van der Waals surface area contributed by atoms with Crippen molar-refractivity contribution in [2.45, 2.75) is 70.3 Å². The van der Waals surface area contributed by atoms with Gasteiger partial charge in [-0.05, 0) is 101 Å². The molecule has 2 nitrogen and oxygen atoms in total. The second kappa shape index (κ2) is 11.7. The van der Waals surface area contributed by atoms with Gasteiger partial charge in [-0.1, -0.05) is 67.4 Å². The summed E-state index contributed by atoms with van der Waals surface area (Å²) in [5, 5.41) is 0. The maximum atomic E-state index is 2.78. The number of likely N-dealkylation sites (tertiary alicyclic amines) is 2. The van der Waals surface area contributed by atoms with Crippen molar-refractivity contribution in [2.75, 3.05) is 32.7 Å². The molecule has 162 valence electrons. The molecule has 2 heterocycles. The SMILES string of the molecule is c1ccc(Cc2ccc(CCCCCN3CCC(N4CCCCC4)CC3)cc2)cc1. The largest absolute Gasteiger partial charge is 0.303 e. The molecule has 0 aromatic heterocycles. The van der Waals surface area contributed by atoms with Gasteiger partial charge in [0.15, 0.2) is 0 Å². The number of piperidine rings is 2. The normalized spacial score (nSPS) is 19.2. The zero-order chi connectivity index (χ0) is 20.4. The Morgan fingerprint density at radius 3 is 2.03 bits per heavy atom. The van der Waals surface area contributed by atoms with E-state index in [1.165, 1.54) is 107 Å². The summed E-state index contributed by atoms with van der Waals surface area (Å²) in [6, 6.07) is 20.9. The number of unbranched alkanes of at least 4 members (excludes halogenated alkanes) is 2. The molecule has 0 atom stereocenters. The molecule has 2 saturated heterocycles. The van der Waals surface area contributed by atoms with Crippen LogP contribution in [0, 0.1) is 0 Å². The second-order valence-corrected chi connectivity index (χ2v) is 9.46. The molecule has 0 N–H and O–H groups in total. The average molecular weight is 405 g/mol. The quantitative estimate of drug-likeness (QED) is 0.477. The molecule has 0 bridgehead atoms. The lowest BCUT2D eigenvalue weighted by Crippen LogP contribution is -2.46. The van der Waals surface area contributed by atoms with E-state index in [-0.39, 0.29) is 0 Å². The van der Waals surface area contributed by atoms with Gasteiger partial charge in [0.1, 0.15) is 0 Å². The molecule has 2 fully saturated rings. The highest BCUT2D eigenvalue weighted by atomic mass is 15.2. The number of hydrogen-bond donors (Lipinski definition) is 0. The third kappa shape index (κ3) is 6.68. The molecule has 2 aliphatic heterocycles. The third-order valence-electron chi connectivity index (χ3n) is 7.18. The first-order valence-corrected chi connectivity index (χ1v) is 12.4. The Bertz CT molecular complexity index is 710. The van der Waals surface area contributed by atoms with Gasteiger partial charge in [0.05, 0.1) is 0 Å². The van der Waals surface area contributed by atoms with Gasteiger partial charge in [-0.25, -0.2) is 0 Å². The molecule has 0 radical (unpaired) electrons. The van der Waals surface area contributed by atoms with Crippen molar-refractivity contribution in [1.82, 2.24) is 9.80 Å². The number of rotatable bonds is 9. The molecule has 2 aromatic carbocycles. The first-order valence-electron chi connectivity index (χ1n) is 12.4. The minimum absolute atomic E-state index is 0.881. The monoisotopic (exact) mass is 404 g/mol. The topological polar surface area (TPSA) is 6.48 Å². The first kappa shape index (κ1) is 21.6. The molecule has 0 amide bonds. The molecule has 0 aliphatic carbocycles. The van der Waals surface area contributed by atoms with Crippen LogP contribution in [0.4, 0.5) is 0 Å². The lowest BCUT2D eigenvalue weighted by Gasteiger charge is -2.40. The third-order valence-corrected chi connectivity index (χ3v) is 7.18. The molecule has 0 unspecified atom stereocenters. The Labute approximate surface area is 184 Å². The van der Waals surface area contributed by atoms with Crippen LogP contribution in [0.3, 0.4) is 0 Å². The maximum Gasteiger partial charge on any atom is 0.0120 e. The Balaban J connectivity index is 1.08. The van der Waals surface area contributed by atoms with E-state index in [0.717, 1.165) is 12.5 Å². The van der Waals surface area contributed by atoms with E-state index in [2.05, 4.69) is 64.4 Å². The smallest absolute Gasteiger partial charge is 0.0120 e. The second-order valence-electron chi connectivity index (χ2n) is 9.46. The van der Waals surface area contributed by atoms with Gasteiger partial charge in [0.25, 0.3) is 0 Å². The van der Waals surface area contributed by atoms with E-state index in [9.17, 15) is 0 Å². The standard InChI is InChI=1S/C28H40N2/c1-4-11-26(12-5-1)24-27-15-13-25(14-16-27)10-6-2-7-19-29-22-17-28(18-23-29)30-20-8-3-9-21-30/h1,4-5,11-16,28H,2-3,6-10,17-24H2. The Hall–Kier alpha value is -1.64. The van der Waals surface area contributed by atoms with Crippen LogP contribution in [0.5, 0.6) is 0 Å². The summed E-state index contributed by atoms with van der Waals surface area (Å²) in [7, 11) is 0. The van der Waals surface area contributed by atoms with Crippen molar-refractivity contribution in [3.05, 3.63) is 71.3 Å². The van der Waals surface area contributed by atoms with Crippen molar-refractivity contribution in [3.63, 3.8) is 0 Å². The fraction of sp³-hybridized carbons (Fsp3) is 0.571. The van der Waals surface area contributed by atoms with Crippen molar-refractivity contribution in [3.8, 4) is 0 Å². The summed E-state index contributed by atoms with van der Waals surface area (Å²) in [4.78, 5) is 5.50. The lowest BCUT2D eigenvalue weighted by atomic mass is 9.99. The maximum absolute atomic E-state index is 2.78. The van der Waals surface area contributed by atoms with Crippen LogP contribution in [0.1, 0.15) is 68.1 Å². The van der Waals surface area contributed by atoms with Crippen LogP contribution in [-0.4, -0.2) is 48.6 Å². The van der Waals surface area contributed by atoms with Crippen LogP contribution in [0.15, 0.2) is 54.6 Å². The summed E-state index contributed by atoms with van der Waals surface area (Å²) < 4.78 is 0. The summed E-state index contributed by atoms with van der Waals surface area (Å²) in [5.41, 5.74) is 4.30. The van der Waals surface area contributed by atoms with Crippen molar-refractivity contribution in [2.24, 2.45) is 0 Å². The minimum atomic E-state index is 0.881. The van der Waals surface area contributed by atoms with E-state index >= 15 is 0 Å². The number of nitrogens with zero attached hydrogens (tertiary/aromatic N) is 2. The molecule has 0 saturated carbocycles. The van der Waals surface area contributed by atoms with Crippen molar-refractivity contribution < 1.29 is 0 Å². The van der Waals surface area contributed by atoms with E-state index in [4.69, 9.17) is 0 Å². The van der Waals surface area contributed by atoms with E-state index in [1.54, 1.807) is 0 Å². The minimum Gasteiger partial charge on any atom is -0.303 e. The molecule has 4 rings (SSSR count). The van der Waals surface area contributed by atoms with Crippen LogP contribution in [0.25, 0.3) is 0 Å². The average Bonchev–Trinajstić information content (AvgIpc) is 2.82. The summed E-state index contributed by atoms with van der Waals surface area (Å²) in [5.74, 6) is 0. The lowest BCUT2D eigenvalue weighted by molar-refractivity contribution is 0.0918. The molecule has 2 aromatic rings. The predicted molar refractivity (Wildman–Crippen MR) is 128 cm³/mol. The highest BCUT2D eigenvalue weighted by Gasteiger charge is 2.25. The molecule has 2 heteroatoms. The zero-order valence-corrected chi connectivity index (χ0v) is 18.8. The van der Waals surface area contributed by atoms with Crippen LogP contribution in [0.2, 0.25) is 0 Å². The van der Waals surface area contributed by atoms with Crippen LogP contribution in [-0.2, 0) is 12.8 Å². The van der Waals surface area contributed by atoms with Crippen molar-refractivity contribution in [1.29, 1.82) is 0 Å². The highest BCUT2D eigenvalue weighted by Crippen LogP contribution is 2.21. The van der Waals surface area contributed by atoms with Gasteiger partial charge in [-0.3, -0.25) is 0 Å². The highest BCUT2D eigenvalue weighted by molar-refractivity contribution is 5.28. The Morgan fingerprint density at radius 2 is 1.30 bits per heavy atom. The number of hydrogen-bond acceptors (Lipinski definition) is 2. The molecule has 30 heavy (non-hydrogen) atoms. The van der Waals surface area contributed by atoms with E-state index in [0.29, 0.717) is 0 Å². The van der Waals surface area contributed by atoms with Gasteiger partial charge in [-0.2, -0.15) is 0 Å². The summed E-state index contributed by atoms with van der Waals surface area (Å²) >= 11 is 0. The van der Waals surface area contributed by atoms with Gasteiger partial charge >= 0.3 is 0 Å². The summed E-state index contributed by atoms with van der Waals surface area (Å²) in [6.45, 7) is 6.67. The number of aryl methyl sites for hydroxylation is 1. The zero-order valence-electron chi connectivity index (χ0n) is 18.8. The van der Waals surface area contributed by atoms with Gasteiger partial charge in [-0.15, -0.1) is 0 Å². The van der Waals surface area contributed by atoms with Gasteiger partial charge in [0, 0.05) is 6.04 Å². The molecule has 2 aliphatic rings. The molecule has 0 spiro atoms. The molecular weight excluding hydrogens is 364 g/mol.